The van der Waals surface area contributed by atoms with Crippen molar-refractivity contribution in [2.75, 3.05) is 32.1 Å². The van der Waals surface area contributed by atoms with Crippen LogP contribution in [0.4, 0.5) is 10.5 Å². The second kappa shape index (κ2) is 10.3. The standard InChI is InChI=1S/C26H30N4O3/c1-3-15-29(26(32)27-21-11-13-22(33-2)14-12-21)19-24(31)30-18-17-28-16-7-10-23(28)25(30)20-8-5-4-6-9-20/h4-14,16,25H,3,15,17-19H2,1-2H3,(H,27,32). The van der Waals surface area contributed by atoms with Crippen LogP contribution >= 0.6 is 0 Å². The zero-order chi connectivity index (χ0) is 23.2. The van der Waals surface area contributed by atoms with Crippen molar-refractivity contribution in [2.24, 2.45) is 0 Å². The first-order valence-electron chi connectivity index (χ1n) is 11.3. The number of aromatic nitrogens is 1. The van der Waals surface area contributed by atoms with Gasteiger partial charge in [0.25, 0.3) is 0 Å². The topological polar surface area (TPSA) is 66.8 Å². The molecule has 33 heavy (non-hydrogen) atoms. The third kappa shape index (κ3) is 5.03. The van der Waals surface area contributed by atoms with Gasteiger partial charge in [0.15, 0.2) is 0 Å². The van der Waals surface area contributed by atoms with E-state index in [1.165, 1.54) is 0 Å². The van der Waals surface area contributed by atoms with Gasteiger partial charge in [-0.05, 0) is 48.4 Å². The van der Waals surface area contributed by atoms with Crippen LogP contribution in [0.1, 0.15) is 30.6 Å². The lowest BCUT2D eigenvalue weighted by molar-refractivity contribution is -0.134. The number of urea groups is 1. The number of hydrogen-bond acceptors (Lipinski definition) is 3. The summed E-state index contributed by atoms with van der Waals surface area (Å²) in [6.07, 6.45) is 2.81. The van der Waals surface area contributed by atoms with Crippen molar-refractivity contribution in [1.82, 2.24) is 14.4 Å². The van der Waals surface area contributed by atoms with E-state index < -0.39 is 0 Å². The number of nitrogens with zero attached hydrogens (tertiary/aromatic N) is 3. The van der Waals surface area contributed by atoms with E-state index in [0.29, 0.717) is 18.8 Å². The first kappa shape index (κ1) is 22.5. The van der Waals surface area contributed by atoms with Crippen LogP contribution in [0.2, 0.25) is 0 Å². The van der Waals surface area contributed by atoms with Crippen molar-refractivity contribution < 1.29 is 14.3 Å². The number of carbonyl (C=O) groups is 2. The molecule has 1 N–H and O–H groups in total. The highest BCUT2D eigenvalue weighted by Crippen LogP contribution is 2.32. The van der Waals surface area contributed by atoms with Gasteiger partial charge in [-0.25, -0.2) is 4.79 Å². The van der Waals surface area contributed by atoms with Crippen molar-refractivity contribution in [2.45, 2.75) is 25.9 Å². The second-order valence-electron chi connectivity index (χ2n) is 8.11. The average Bonchev–Trinajstić information content (AvgIpc) is 3.33. The van der Waals surface area contributed by atoms with E-state index in [9.17, 15) is 9.59 Å². The molecule has 0 fully saturated rings. The highest BCUT2D eigenvalue weighted by molar-refractivity contribution is 5.92. The molecule has 0 spiro atoms. The van der Waals surface area contributed by atoms with Gasteiger partial charge in [0.05, 0.1) is 13.2 Å². The minimum atomic E-state index is -0.285. The molecule has 1 aliphatic heterocycles. The maximum absolute atomic E-state index is 13.5. The summed E-state index contributed by atoms with van der Waals surface area (Å²) in [4.78, 5) is 30.0. The van der Waals surface area contributed by atoms with Crippen LogP contribution in [0, 0.1) is 0 Å². The highest BCUT2D eigenvalue weighted by Gasteiger charge is 2.33. The summed E-state index contributed by atoms with van der Waals surface area (Å²) in [6, 6.07) is 20.8. The predicted molar refractivity (Wildman–Crippen MR) is 128 cm³/mol. The molecule has 2 aromatic carbocycles. The Morgan fingerprint density at radius 2 is 1.79 bits per heavy atom. The number of hydrogen-bond donors (Lipinski definition) is 1. The third-order valence-electron chi connectivity index (χ3n) is 5.92. The maximum Gasteiger partial charge on any atom is 0.322 e. The molecule has 0 bridgehead atoms. The summed E-state index contributed by atoms with van der Waals surface area (Å²) in [5, 5.41) is 2.90. The molecular formula is C26H30N4O3. The molecule has 7 heteroatoms. The van der Waals surface area contributed by atoms with Gasteiger partial charge in [-0.1, -0.05) is 37.3 Å². The van der Waals surface area contributed by atoms with Crippen molar-refractivity contribution in [3.8, 4) is 5.75 Å². The van der Waals surface area contributed by atoms with Crippen LogP contribution in [-0.2, 0) is 11.3 Å². The first-order valence-corrected chi connectivity index (χ1v) is 11.3. The number of rotatable bonds is 7. The van der Waals surface area contributed by atoms with Crippen LogP contribution in [0.25, 0.3) is 0 Å². The van der Waals surface area contributed by atoms with E-state index in [-0.39, 0.29) is 24.5 Å². The monoisotopic (exact) mass is 446 g/mol. The highest BCUT2D eigenvalue weighted by atomic mass is 16.5. The fourth-order valence-electron chi connectivity index (χ4n) is 4.29. The summed E-state index contributed by atoms with van der Waals surface area (Å²) in [6.45, 7) is 3.86. The zero-order valence-corrected chi connectivity index (χ0v) is 19.1. The average molecular weight is 447 g/mol. The van der Waals surface area contributed by atoms with Crippen LogP contribution in [0.5, 0.6) is 5.75 Å². The molecule has 4 rings (SSSR count). The lowest BCUT2D eigenvalue weighted by Gasteiger charge is -2.38. The molecule has 2 heterocycles. The number of methoxy groups -OCH3 is 1. The Kier molecular flexibility index (Phi) is 6.98. The van der Waals surface area contributed by atoms with E-state index in [0.717, 1.165) is 30.0 Å². The van der Waals surface area contributed by atoms with Crippen LogP contribution in [0.3, 0.4) is 0 Å². The predicted octanol–water partition coefficient (Wildman–Crippen LogP) is 4.37. The van der Waals surface area contributed by atoms with Gasteiger partial charge in [0, 0.05) is 37.2 Å². The molecule has 1 aromatic heterocycles. The smallest absolute Gasteiger partial charge is 0.322 e. The number of carbonyl (C=O) groups excluding carboxylic acids is 2. The zero-order valence-electron chi connectivity index (χ0n) is 19.1. The maximum atomic E-state index is 13.5. The lowest BCUT2D eigenvalue weighted by Crippen LogP contribution is -2.48. The Hall–Kier alpha value is -3.74. The molecule has 0 aliphatic carbocycles. The number of fused-ring (bicyclic) bond motifs is 1. The van der Waals surface area contributed by atoms with Crippen LogP contribution < -0.4 is 10.1 Å². The molecule has 0 saturated heterocycles. The van der Waals surface area contributed by atoms with Gasteiger partial charge in [-0.3, -0.25) is 4.79 Å². The van der Waals surface area contributed by atoms with E-state index in [4.69, 9.17) is 4.74 Å². The summed E-state index contributed by atoms with van der Waals surface area (Å²) >= 11 is 0. The summed E-state index contributed by atoms with van der Waals surface area (Å²) in [5.41, 5.74) is 2.81. The van der Waals surface area contributed by atoms with E-state index in [1.54, 1.807) is 36.3 Å². The largest absolute Gasteiger partial charge is 0.497 e. The number of anilines is 1. The molecule has 3 amide bonds. The molecule has 1 unspecified atom stereocenters. The molecule has 0 radical (unpaired) electrons. The first-order chi connectivity index (χ1) is 16.1. The molecule has 172 valence electrons. The Labute approximate surface area is 194 Å². The van der Waals surface area contributed by atoms with E-state index in [2.05, 4.69) is 22.1 Å². The van der Waals surface area contributed by atoms with E-state index >= 15 is 0 Å². The Bertz CT molecular complexity index is 1080. The molecular weight excluding hydrogens is 416 g/mol. The van der Waals surface area contributed by atoms with Crippen molar-refractivity contribution in [3.63, 3.8) is 0 Å². The molecule has 1 aliphatic rings. The fraction of sp³-hybridized carbons (Fsp3) is 0.308. The van der Waals surface area contributed by atoms with E-state index in [1.807, 2.05) is 48.2 Å². The number of nitrogens with one attached hydrogen (secondary N) is 1. The number of amides is 3. The molecule has 0 saturated carbocycles. The quantitative estimate of drug-likeness (QED) is 0.586. The third-order valence-corrected chi connectivity index (χ3v) is 5.92. The molecule has 3 aromatic rings. The SMILES string of the molecule is CCCN(CC(=O)N1CCn2cccc2C1c1ccccc1)C(=O)Nc1ccc(OC)cc1. The summed E-state index contributed by atoms with van der Waals surface area (Å²) in [5.74, 6) is 0.657. The minimum Gasteiger partial charge on any atom is -0.497 e. The number of benzene rings is 2. The normalized spacial score (nSPS) is 15.0. The number of ether oxygens (including phenoxy) is 1. The Balaban J connectivity index is 1.51. The summed E-state index contributed by atoms with van der Waals surface area (Å²) in [7, 11) is 1.60. The molecule has 1 atom stereocenters. The molecule has 7 nitrogen and oxygen atoms in total. The Morgan fingerprint density at radius 1 is 1.03 bits per heavy atom. The van der Waals surface area contributed by atoms with Gasteiger partial charge < -0.3 is 24.4 Å². The van der Waals surface area contributed by atoms with Gasteiger partial charge in [0.2, 0.25) is 5.91 Å². The lowest BCUT2D eigenvalue weighted by atomic mass is 10.00. The second-order valence-corrected chi connectivity index (χ2v) is 8.11. The Morgan fingerprint density at radius 3 is 2.48 bits per heavy atom. The van der Waals surface area contributed by atoms with Gasteiger partial charge in [0.1, 0.15) is 12.3 Å². The summed E-state index contributed by atoms with van der Waals surface area (Å²) < 4.78 is 7.37. The van der Waals surface area contributed by atoms with Crippen molar-refractivity contribution >= 4 is 17.6 Å². The minimum absolute atomic E-state index is 0.0276. The van der Waals surface area contributed by atoms with Gasteiger partial charge in [-0.2, -0.15) is 0 Å². The van der Waals surface area contributed by atoms with Crippen molar-refractivity contribution in [3.05, 3.63) is 84.2 Å². The van der Waals surface area contributed by atoms with Gasteiger partial charge in [-0.15, -0.1) is 0 Å². The van der Waals surface area contributed by atoms with Crippen LogP contribution in [-0.4, -0.2) is 53.0 Å². The fourth-order valence-corrected chi connectivity index (χ4v) is 4.29. The van der Waals surface area contributed by atoms with Gasteiger partial charge >= 0.3 is 6.03 Å². The van der Waals surface area contributed by atoms with Crippen LogP contribution in [0.15, 0.2) is 72.9 Å². The van der Waals surface area contributed by atoms with Crippen molar-refractivity contribution in [1.29, 1.82) is 0 Å².